The zero-order valence-corrected chi connectivity index (χ0v) is 15.1. The van der Waals surface area contributed by atoms with Crippen molar-refractivity contribution in [2.75, 3.05) is 25.6 Å². The minimum atomic E-state index is -0.780. The van der Waals surface area contributed by atoms with Crippen molar-refractivity contribution in [2.45, 2.75) is 13.8 Å². The Balaban J connectivity index is 2.15. The quantitative estimate of drug-likeness (QED) is 0.341. The number of ketones is 1. The van der Waals surface area contributed by atoms with Gasteiger partial charge in [-0.1, -0.05) is 17.7 Å². The van der Waals surface area contributed by atoms with Gasteiger partial charge in [-0.15, -0.1) is 0 Å². The minimum absolute atomic E-state index is 0.0241. The number of aryl methyl sites for hydroxylation is 2. The second kappa shape index (κ2) is 7.77. The van der Waals surface area contributed by atoms with Crippen LogP contribution in [0.5, 0.6) is 0 Å². The summed E-state index contributed by atoms with van der Waals surface area (Å²) in [5, 5.41) is 11.2. The number of hydrogen-bond acceptors (Lipinski definition) is 6. The molecule has 2 aromatic carbocycles. The number of nitrogens with zero attached hydrogens (tertiary/aromatic N) is 2. The summed E-state index contributed by atoms with van der Waals surface area (Å²) in [5.74, 6) is -1.10. The van der Waals surface area contributed by atoms with Crippen LogP contribution in [0.4, 0.5) is 11.4 Å². The number of nitro groups is 1. The van der Waals surface area contributed by atoms with Crippen LogP contribution < -0.4 is 4.90 Å². The van der Waals surface area contributed by atoms with Crippen LogP contribution in [-0.4, -0.2) is 37.4 Å². The Morgan fingerprint density at radius 2 is 1.81 bits per heavy atom. The molecule has 0 amide bonds. The maximum absolute atomic E-state index is 12.3. The summed E-state index contributed by atoms with van der Waals surface area (Å²) in [6, 6.07) is 9.52. The van der Waals surface area contributed by atoms with Crippen molar-refractivity contribution in [1.82, 2.24) is 0 Å². The summed E-state index contributed by atoms with van der Waals surface area (Å²) in [6.07, 6.45) is 0. The largest absolute Gasteiger partial charge is 0.454 e. The van der Waals surface area contributed by atoms with Crippen molar-refractivity contribution in [1.29, 1.82) is 0 Å². The summed E-state index contributed by atoms with van der Waals surface area (Å²) < 4.78 is 5.05. The SMILES string of the molecule is Cc1ccc(C)c(C(=O)COC(=O)c2ccc(N(C)C)c([N+](=O)[O-])c2)c1. The van der Waals surface area contributed by atoms with Crippen molar-refractivity contribution < 1.29 is 19.2 Å². The lowest BCUT2D eigenvalue weighted by Crippen LogP contribution is -2.16. The molecule has 0 fully saturated rings. The van der Waals surface area contributed by atoms with Gasteiger partial charge >= 0.3 is 5.97 Å². The molecule has 0 aromatic heterocycles. The van der Waals surface area contributed by atoms with Crippen molar-refractivity contribution >= 4 is 23.1 Å². The number of carbonyl (C=O) groups is 2. The Morgan fingerprint density at radius 1 is 1.12 bits per heavy atom. The lowest BCUT2D eigenvalue weighted by atomic mass is 10.0. The molecule has 0 radical (unpaired) electrons. The van der Waals surface area contributed by atoms with Crippen molar-refractivity contribution in [3.63, 3.8) is 0 Å². The van der Waals surface area contributed by atoms with E-state index in [4.69, 9.17) is 4.74 Å². The molecule has 2 rings (SSSR count). The highest BCUT2D eigenvalue weighted by Crippen LogP contribution is 2.28. The maximum Gasteiger partial charge on any atom is 0.338 e. The zero-order valence-electron chi connectivity index (χ0n) is 15.1. The predicted octanol–water partition coefficient (Wildman–Crippen LogP) is 3.32. The topological polar surface area (TPSA) is 89.8 Å². The van der Waals surface area contributed by atoms with E-state index in [1.54, 1.807) is 32.0 Å². The van der Waals surface area contributed by atoms with E-state index in [2.05, 4.69) is 0 Å². The van der Waals surface area contributed by atoms with E-state index in [-0.39, 0.29) is 17.0 Å². The molecule has 0 atom stereocenters. The Morgan fingerprint density at radius 3 is 2.42 bits per heavy atom. The Hall–Kier alpha value is -3.22. The van der Waals surface area contributed by atoms with Gasteiger partial charge in [0.2, 0.25) is 5.78 Å². The smallest absolute Gasteiger partial charge is 0.338 e. The predicted molar refractivity (Wildman–Crippen MR) is 98.0 cm³/mol. The van der Waals surface area contributed by atoms with Crippen LogP contribution in [0.25, 0.3) is 0 Å². The first-order valence-corrected chi connectivity index (χ1v) is 7.94. The van der Waals surface area contributed by atoms with Crippen molar-refractivity contribution in [2.24, 2.45) is 0 Å². The number of esters is 1. The molecule has 7 heteroatoms. The fraction of sp³-hybridized carbons (Fsp3) is 0.263. The van der Waals surface area contributed by atoms with Crippen LogP contribution in [0.2, 0.25) is 0 Å². The molecule has 7 nitrogen and oxygen atoms in total. The molecule has 136 valence electrons. The molecule has 0 heterocycles. The van der Waals surface area contributed by atoms with Gasteiger partial charge in [0.1, 0.15) is 5.69 Å². The molecule has 0 saturated heterocycles. The van der Waals surface area contributed by atoms with Gasteiger partial charge in [0.25, 0.3) is 5.69 Å². The number of ether oxygens (including phenoxy) is 1. The van der Waals surface area contributed by atoms with E-state index in [0.29, 0.717) is 11.3 Å². The van der Waals surface area contributed by atoms with Gasteiger partial charge in [0, 0.05) is 25.7 Å². The normalized spacial score (nSPS) is 10.3. The molecule has 0 aliphatic heterocycles. The Kier molecular flexibility index (Phi) is 5.71. The lowest BCUT2D eigenvalue weighted by molar-refractivity contribution is -0.384. The van der Waals surface area contributed by atoms with Gasteiger partial charge in [0.15, 0.2) is 6.61 Å². The van der Waals surface area contributed by atoms with E-state index in [9.17, 15) is 19.7 Å². The first-order chi connectivity index (χ1) is 12.2. The second-order valence-electron chi connectivity index (χ2n) is 6.17. The Bertz CT molecular complexity index is 874. The third-order valence-electron chi connectivity index (χ3n) is 3.92. The average Bonchev–Trinajstić information content (AvgIpc) is 2.60. The number of Topliss-reactive ketones (excluding diaryl/α,β-unsaturated/α-hetero) is 1. The van der Waals surface area contributed by atoms with Gasteiger partial charge in [-0.25, -0.2) is 4.79 Å². The molecular weight excluding hydrogens is 336 g/mol. The van der Waals surface area contributed by atoms with Crippen molar-refractivity contribution in [3.05, 3.63) is 68.8 Å². The van der Waals surface area contributed by atoms with E-state index >= 15 is 0 Å². The van der Waals surface area contributed by atoms with Gasteiger partial charge in [-0.2, -0.15) is 0 Å². The fourth-order valence-electron chi connectivity index (χ4n) is 2.50. The minimum Gasteiger partial charge on any atom is -0.454 e. The molecule has 0 unspecified atom stereocenters. The molecule has 0 aliphatic rings. The number of carbonyl (C=O) groups excluding carboxylic acids is 2. The second-order valence-corrected chi connectivity index (χ2v) is 6.17. The highest BCUT2D eigenvalue weighted by atomic mass is 16.6. The van der Waals surface area contributed by atoms with Gasteiger partial charge in [-0.3, -0.25) is 14.9 Å². The van der Waals surface area contributed by atoms with Gasteiger partial charge in [-0.05, 0) is 37.6 Å². The van der Waals surface area contributed by atoms with Crippen molar-refractivity contribution in [3.8, 4) is 0 Å². The van der Waals surface area contributed by atoms with Crippen LogP contribution in [0.3, 0.4) is 0 Å². The number of hydrogen-bond donors (Lipinski definition) is 0. The summed E-state index contributed by atoms with van der Waals surface area (Å²) in [4.78, 5) is 36.7. The third-order valence-corrected chi connectivity index (χ3v) is 3.92. The van der Waals surface area contributed by atoms with E-state index < -0.39 is 17.5 Å². The highest BCUT2D eigenvalue weighted by Gasteiger charge is 2.20. The average molecular weight is 356 g/mol. The van der Waals surface area contributed by atoms with Crippen LogP contribution in [0.1, 0.15) is 31.8 Å². The molecule has 2 aromatic rings. The maximum atomic E-state index is 12.3. The zero-order chi connectivity index (χ0) is 19.4. The number of rotatable bonds is 6. The van der Waals surface area contributed by atoms with E-state index in [1.165, 1.54) is 12.1 Å². The molecule has 0 spiro atoms. The van der Waals surface area contributed by atoms with Crippen LogP contribution in [-0.2, 0) is 4.74 Å². The monoisotopic (exact) mass is 356 g/mol. The molecule has 0 N–H and O–H groups in total. The number of nitro benzene ring substituents is 1. The molecular formula is C19H20N2O5. The summed E-state index contributed by atoms with van der Waals surface area (Å²) in [6.45, 7) is 3.25. The van der Waals surface area contributed by atoms with Crippen LogP contribution in [0.15, 0.2) is 36.4 Å². The van der Waals surface area contributed by atoms with E-state index in [1.807, 2.05) is 19.1 Å². The Labute approximate surface area is 151 Å². The summed E-state index contributed by atoms with van der Waals surface area (Å²) in [5.41, 5.74) is 2.41. The highest BCUT2D eigenvalue weighted by molar-refractivity contribution is 6.00. The summed E-state index contributed by atoms with van der Waals surface area (Å²) >= 11 is 0. The van der Waals surface area contributed by atoms with Gasteiger partial charge in [0.05, 0.1) is 10.5 Å². The van der Waals surface area contributed by atoms with Crippen LogP contribution in [0, 0.1) is 24.0 Å². The molecule has 0 bridgehead atoms. The molecule has 0 saturated carbocycles. The number of anilines is 1. The first kappa shape index (κ1) is 19.1. The third kappa shape index (κ3) is 4.24. The van der Waals surface area contributed by atoms with Crippen LogP contribution >= 0.6 is 0 Å². The number of benzene rings is 2. The standard InChI is InChI=1S/C19H20N2O5/c1-12-5-6-13(2)15(9-12)18(22)11-26-19(23)14-7-8-16(20(3)4)17(10-14)21(24)25/h5-10H,11H2,1-4H3. The lowest BCUT2D eigenvalue weighted by Gasteiger charge is -2.13. The van der Waals surface area contributed by atoms with Gasteiger partial charge < -0.3 is 9.64 Å². The first-order valence-electron chi connectivity index (χ1n) is 7.94. The molecule has 26 heavy (non-hydrogen) atoms. The van der Waals surface area contributed by atoms with E-state index in [0.717, 1.165) is 17.2 Å². The fourth-order valence-corrected chi connectivity index (χ4v) is 2.50. The summed E-state index contributed by atoms with van der Waals surface area (Å²) in [7, 11) is 3.34. The molecule has 0 aliphatic carbocycles.